The number of halogens is 2. The molecule has 9 heteroatoms. The van der Waals surface area contributed by atoms with Gasteiger partial charge in [0.15, 0.2) is 30.5 Å². The van der Waals surface area contributed by atoms with E-state index < -0.39 is 6.82 Å². The van der Waals surface area contributed by atoms with Crippen LogP contribution in [0.3, 0.4) is 0 Å². The third-order valence-corrected chi connectivity index (χ3v) is 11.0. The van der Waals surface area contributed by atoms with Crippen molar-refractivity contribution < 1.29 is 22.9 Å². The third kappa shape index (κ3) is 4.84. The van der Waals surface area contributed by atoms with Crippen LogP contribution in [0.25, 0.3) is 6.08 Å². The number of allylic oxidation sites excluding steroid dienone is 2. The summed E-state index contributed by atoms with van der Waals surface area (Å²) in [4.78, 5) is 0. The summed E-state index contributed by atoms with van der Waals surface area (Å²) in [5.74, 6) is 0. The molecule has 0 aliphatic carbocycles. The molecule has 38 heavy (non-hydrogen) atoms. The fourth-order valence-electron chi connectivity index (χ4n) is 5.55. The minimum absolute atomic E-state index is 0.550. The van der Waals surface area contributed by atoms with Gasteiger partial charge in [0.25, 0.3) is 0 Å². The van der Waals surface area contributed by atoms with E-state index in [4.69, 9.17) is 9.31 Å². The second-order valence-electron chi connectivity index (χ2n) is 10.3. The zero-order chi connectivity index (χ0) is 27.2. The van der Waals surface area contributed by atoms with Crippen molar-refractivity contribution in [2.45, 2.75) is 40.5 Å². The molecule has 0 atom stereocenters. The van der Waals surface area contributed by atoms with E-state index in [-0.39, 0.29) is 0 Å². The Morgan fingerprint density at radius 3 is 1.82 bits per heavy atom. The smallest absolute Gasteiger partial charge is 0.483 e. The van der Waals surface area contributed by atoms with E-state index in [2.05, 4.69) is 146 Å². The average molecular weight is 736 g/mol. The number of nitrogens with zero attached hydrogens (tertiary/aromatic N) is 4. The van der Waals surface area contributed by atoms with E-state index in [1.165, 1.54) is 52.2 Å². The van der Waals surface area contributed by atoms with Gasteiger partial charge in [0.2, 0.25) is 0 Å². The van der Waals surface area contributed by atoms with Crippen molar-refractivity contribution in [3.63, 3.8) is 0 Å². The first-order valence-corrected chi connectivity index (χ1v) is 15.2. The van der Waals surface area contributed by atoms with Crippen LogP contribution >= 0.6 is 45.2 Å². The monoisotopic (exact) mass is 736 g/mol. The Labute approximate surface area is 253 Å². The normalized spacial score (nSPS) is 16.2. The van der Waals surface area contributed by atoms with Crippen molar-refractivity contribution >= 4 is 63.8 Å². The standard InChI is InChI=1S/C29H35BI2N4O2/c1-20-26-19-27-21(2)29(32)23(4)36(27)30(35(26)22(3)28(20)31,37-17-11-24-7-13-33(5)14-8-24)38-18-12-25-9-15-34(6)16-10-25/h7-10,13-16,19H,11-12,17-18H2,1-6H3/q+2. The van der Waals surface area contributed by atoms with Crippen LogP contribution in [0, 0.1) is 17.4 Å². The van der Waals surface area contributed by atoms with Crippen LogP contribution in [0.2, 0.25) is 0 Å². The molecule has 0 N–H and O–H groups in total. The van der Waals surface area contributed by atoms with Gasteiger partial charge in [0, 0.05) is 65.3 Å². The lowest BCUT2D eigenvalue weighted by Crippen LogP contribution is -2.63. The highest BCUT2D eigenvalue weighted by Gasteiger charge is 2.55. The lowest BCUT2D eigenvalue weighted by molar-refractivity contribution is -0.671. The molecule has 5 heterocycles. The fourth-order valence-corrected chi connectivity index (χ4v) is 6.62. The van der Waals surface area contributed by atoms with Gasteiger partial charge in [-0.3, -0.25) is 0 Å². The second kappa shape index (κ2) is 11.0. The van der Waals surface area contributed by atoms with Crippen LogP contribution in [0.4, 0.5) is 0 Å². The number of pyridine rings is 2. The molecule has 0 spiro atoms. The number of hydrogen-bond acceptors (Lipinski definition) is 2. The molecule has 0 saturated heterocycles. The van der Waals surface area contributed by atoms with Gasteiger partial charge < -0.3 is 18.3 Å². The highest BCUT2D eigenvalue weighted by Crippen LogP contribution is 2.41. The molecule has 198 valence electrons. The molecule has 2 aliphatic heterocycles. The van der Waals surface area contributed by atoms with Crippen LogP contribution < -0.4 is 9.13 Å². The fraction of sp³-hybridized carbons (Fsp3) is 0.345. The van der Waals surface area contributed by atoms with Gasteiger partial charge in [-0.1, -0.05) is 0 Å². The van der Waals surface area contributed by atoms with Crippen LogP contribution in [0.1, 0.15) is 41.9 Å². The molecule has 0 unspecified atom stereocenters. The second-order valence-corrected chi connectivity index (χ2v) is 12.5. The maximum atomic E-state index is 7.04. The zero-order valence-corrected chi connectivity index (χ0v) is 27.3. The van der Waals surface area contributed by atoms with Crippen molar-refractivity contribution in [3.05, 3.63) is 95.6 Å². The van der Waals surface area contributed by atoms with E-state index >= 15 is 0 Å². The third-order valence-electron chi connectivity index (χ3n) is 7.78. The van der Waals surface area contributed by atoms with E-state index in [9.17, 15) is 0 Å². The van der Waals surface area contributed by atoms with Gasteiger partial charge >= 0.3 is 6.82 Å². The summed E-state index contributed by atoms with van der Waals surface area (Å²) in [6.45, 7) is 7.84. The number of rotatable bonds is 8. The zero-order valence-electron chi connectivity index (χ0n) is 23.0. The molecule has 0 aromatic carbocycles. The average Bonchev–Trinajstić information content (AvgIpc) is 3.26. The number of hydrogen-bond donors (Lipinski definition) is 0. The molecule has 3 aromatic rings. The molecule has 2 aliphatic rings. The van der Waals surface area contributed by atoms with E-state index in [1.807, 2.05) is 14.1 Å². The lowest BCUT2D eigenvalue weighted by atomic mass is 9.81. The van der Waals surface area contributed by atoms with E-state index in [0.29, 0.717) is 13.2 Å². The van der Waals surface area contributed by atoms with E-state index in [0.717, 1.165) is 12.8 Å². The number of fused-ring (bicyclic) bond motifs is 2. The Kier molecular flexibility index (Phi) is 8.01. The maximum absolute atomic E-state index is 7.04. The first-order chi connectivity index (χ1) is 18.1. The van der Waals surface area contributed by atoms with Crippen LogP contribution in [0.15, 0.2) is 63.9 Å². The summed E-state index contributed by atoms with van der Waals surface area (Å²) in [5.41, 5.74) is 9.75. The van der Waals surface area contributed by atoms with Gasteiger partial charge in [-0.25, -0.2) is 9.13 Å². The SMILES string of the molecule is CC1=C(I)C(C)=[N+]2C1=Cc1c(C)c(I)c(C)n1[B-]2(OCCc1cc[n+](C)cc1)OCCc1cc[n+](C)cc1. The molecular weight excluding hydrogens is 701 g/mol. The Hall–Kier alpha value is -1.83. The summed E-state index contributed by atoms with van der Waals surface area (Å²) in [7, 11) is 4.08. The van der Waals surface area contributed by atoms with Crippen molar-refractivity contribution in [1.82, 2.24) is 4.48 Å². The van der Waals surface area contributed by atoms with Crippen LogP contribution in [-0.4, -0.2) is 34.7 Å². The molecule has 0 radical (unpaired) electrons. The van der Waals surface area contributed by atoms with Gasteiger partial charge in [-0.2, -0.15) is 0 Å². The number of aromatic nitrogens is 3. The summed E-state index contributed by atoms with van der Waals surface area (Å²) in [6.07, 6.45) is 12.3. The Bertz CT molecular complexity index is 1440. The predicted molar refractivity (Wildman–Crippen MR) is 168 cm³/mol. The largest absolute Gasteiger partial charge is 0.666 e. The topological polar surface area (TPSA) is 34.2 Å². The maximum Gasteiger partial charge on any atom is 0.666 e. The lowest BCUT2D eigenvalue weighted by Gasteiger charge is -2.42. The van der Waals surface area contributed by atoms with Crippen molar-refractivity contribution in [3.8, 4) is 0 Å². The highest BCUT2D eigenvalue weighted by atomic mass is 127. The van der Waals surface area contributed by atoms with Crippen LogP contribution in [0.5, 0.6) is 0 Å². The number of aryl methyl sites for hydroxylation is 2. The first-order valence-electron chi connectivity index (χ1n) is 13.0. The van der Waals surface area contributed by atoms with Crippen molar-refractivity contribution in [2.75, 3.05) is 13.2 Å². The quantitative estimate of drug-likeness (QED) is 0.191. The highest BCUT2D eigenvalue weighted by molar-refractivity contribution is 14.1. The Balaban J connectivity index is 1.57. The van der Waals surface area contributed by atoms with Crippen LogP contribution in [-0.2, 0) is 36.2 Å². The van der Waals surface area contributed by atoms with Crippen molar-refractivity contribution in [1.29, 1.82) is 0 Å². The predicted octanol–water partition coefficient (Wildman–Crippen LogP) is 4.71. The van der Waals surface area contributed by atoms with Gasteiger partial charge in [0.1, 0.15) is 19.8 Å². The molecule has 0 bridgehead atoms. The van der Waals surface area contributed by atoms with Crippen molar-refractivity contribution in [2.24, 2.45) is 14.1 Å². The summed E-state index contributed by atoms with van der Waals surface area (Å²) >= 11 is 4.94. The Morgan fingerprint density at radius 2 is 1.32 bits per heavy atom. The molecule has 0 saturated carbocycles. The van der Waals surface area contributed by atoms with E-state index in [1.54, 1.807) is 0 Å². The molecule has 6 nitrogen and oxygen atoms in total. The molecule has 0 amide bonds. The summed E-state index contributed by atoms with van der Waals surface area (Å²) in [6, 6.07) is 8.64. The van der Waals surface area contributed by atoms with Gasteiger partial charge in [-0.05, 0) is 101 Å². The Morgan fingerprint density at radius 1 is 0.816 bits per heavy atom. The summed E-state index contributed by atoms with van der Waals surface area (Å²) in [5, 5.41) is 0. The van der Waals surface area contributed by atoms with Gasteiger partial charge in [0.05, 0.1) is 3.58 Å². The summed E-state index contributed by atoms with van der Waals surface area (Å²) < 4.78 is 25.4. The first kappa shape index (κ1) is 27.7. The molecule has 5 rings (SSSR count). The molecule has 0 fully saturated rings. The molecular formula is C29H35BI2N4O2+2. The van der Waals surface area contributed by atoms with Gasteiger partial charge in [-0.15, -0.1) is 0 Å². The molecule has 3 aromatic heterocycles. The minimum Gasteiger partial charge on any atom is -0.483 e. The minimum atomic E-state index is -2.05.